The molecule has 1 N–H and O–H groups in total. The van der Waals surface area contributed by atoms with E-state index in [9.17, 15) is 0 Å². The Labute approximate surface area is 61.2 Å². The second-order valence-electron chi connectivity index (χ2n) is 0.445. The van der Waals surface area contributed by atoms with Crippen LogP contribution in [0.15, 0.2) is 0 Å². The van der Waals surface area contributed by atoms with Crippen molar-refractivity contribution in [3.63, 3.8) is 0 Å². The number of aliphatic hydroxyl groups is 1. The molecule has 0 fully saturated rings. The Bertz CT molecular complexity index is 24.1. The third-order valence-corrected chi connectivity index (χ3v) is 0. The Balaban J connectivity index is 0. The molecule has 0 spiro atoms. The summed E-state index contributed by atoms with van der Waals surface area (Å²) in [7, 11) is 14.9. The van der Waals surface area contributed by atoms with Gasteiger partial charge in [-0.3, -0.25) is 0 Å². The first-order chi connectivity index (χ1) is 3.15. The number of halogens is 3. The van der Waals surface area contributed by atoms with E-state index in [1.54, 1.807) is 6.92 Å². The molecule has 0 radical (unpaired) electrons. The second kappa shape index (κ2) is 10.5. The topological polar surface area (TPSA) is 20.2 Å². The Morgan fingerprint density at radius 1 is 1.43 bits per heavy atom. The van der Waals surface area contributed by atoms with Crippen molar-refractivity contribution in [2.75, 3.05) is 6.61 Å². The molecule has 0 aromatic rings. The van der Waals surface area contributed by atoms with E-state index in [1.807, 2.05) is 0 Å². The molecule has 0 amide bonds. The average molecular weight is 349 g/mol. The molecule has 0 aromatic heterocycles. The summed E-state index contributed by atoms with van der Waals surface area (Å²) in [5, 5.41) is 7.57. The van der Waals surface area contributed by atoms with Crippen molar-refractivity contribution in [2.24, 2.45) is 0 Å². The van der Waals surface area contributed by atoms with Crippen molar-refractivity contribution in [1.82, 2.24) is 0 Å². The fourth-order valence-electron chi connectivity index (χ4n) is 0. The summed E-state index contributed by atoms with van der Waals surface area (Å²) in [6.07, 6.45) is 0. The Morgan fingerprint density at radius 3 is 1.43 bits per heavy atom. The molecule has 0 aromatic carbocycles. The normalized spacial score (nSPS) is 9.00. The average Bonchev–Trinajstić information content (AvgIpc) is 1.33. The van der Waals surface area contributed by atoms with Gasteiger partial charge >= 0.3 is 42.8 Å². The number of hydrogen-bond acceptors (Lipinski definition) is 1. The van der Waals surface area contributed by atoms with Crippen LogP contribution >= 0.6 is 27.6 Å². The van der Waals surface area contributed by atoms with Gasteiger partial charge in [0.25, 0.3) is 0 Å². The van der Waals surface area contributed by atoms with Gasteiger partial charge in [-0.15, -0.1) is 0 Å². The fraction of sp³-hybridized carbons (Fsp3) is 1.00. The van der Waals surface area contributed by atoms with Gasteiger partial charge in [-0.25, -0.2) is 0 Å². The quantitative estimate of drug-likeness (QED) is 0.664. The van der Waals surface area contributed by atoms with Crippen molar-refractivity contribution >= 4 is 27.6 Å². The van der Waals surface area contributed by atoms with Crippen molar-refractivity contribution in [3.8, 4) is 0 Å². The van der Waals surface area contributed by atoms with Crippen molar-refractivity contribution in [1.29, 1.82) is 0 Å². The molecule has 0 rings (SSSR count). The molecular weight excluding hydrogens is 343 g/mol. The molecule has 0 aliphatic heterocycles. The van der Waals surface area contributed by atoms with Gasteiger partial charge < -0.3 is 5.11 Å². The van der Waals surface area contributed by atoms with Gasteiger partial charge in [0.15, 0.2) is 0 Å². The van der Waals surface area contributed by atoms with Gasteiger partial charge in [0.1, 0.15) is 0 Å². The van der Waals surface area contributed by atoms with E-state index in [0.29, 0.717) is 0 Å². The van der Waals surface area contributed by atoms with Crippen molar-refractivity contribution in [2.45, 2.75) is 6.92 Å². The van der Waals surface area contributed by atoms with Crippen LogP contribution in [0.3, 0.4) is 0 Å². The molecular formula is C2H6AuCl3O. The first-order valence-corrected chi connectivity index (χ1v) is 9.42. The number of rotatable bonds is 0. The third kappa shape index (κ3) is 95.3. The fourth-order valence-corrected chi connectivity index (χ4v) is 0. The van der Waals surface area contributed by atoms with Gasteiger partial charge in [-0.05, 0) is 6.92 Å². The summed E-state index contributed by atoms with van der Waals surface area (Å²) in [5.41, 5.74) is 0. The van der Waals surface area contributed by atoms with E-state index < -0.39 is 15.2 Å². The molecule has 0 aliphatic carbocycles. The van der Waals surface area contributed by atoms with E-state index in [2.05, 4.69) is 0 Å². The van der Waals surface area contributed by atoms with E-state index >= 15 is 0 Å². The molecule has 1 nitrogen and oxygen atoms in total. The Kier molecular flexibility index (Phi) is 17.1. The van der Waals surface area contributed by atoms with Crippen LogP contribution in [0.4, 0.5) is 0 Å². The minimum absolute atomic E-state index is 0.250. The van der Waals surface area contributed by atoms with Crippen LogP contribution in [-0.4, -0.2) is 11.7 Å². The van der Waals surface area contributed by atoms with Crippen LogP contribution in [-0.2, 0) is 15.2 Å². The van der Waals surface area contributed by atoms with Gasteiger partial charge in [0.05, 0.1) is 0 Å². The first-order valence-electron chi connectivity index (χ1n) is 1.37. The van der Waals surface area contributed by atoms with Crippen LogP contribution < -0.4 is 0 Å². The summed E-state index contributed by atoms with van der Waals surface area (Å²) in [4.78, 5) is 0. The maximum atomic E-state index is 7.57. The third-order valence-electron chi connectivity index (χ3n) is 0. The second-order valence-corrected chi connectivity index (χ2v) is 9.84. The zero-order chi connectivity index (χ0) is 6.28. The predicted molar refractivity (Wildman–Crippen MR) is 30.3 cm³/mol. The van der Waals surface area contributed by atoms with E-state index in [0.717, 1.165) is 0 Å². The molecule has 52 valence electrons. The Morgan fingerprint density at radius 2 is 1.43 bits per heavy atom. The Hall–Kier alpha value is 1.57. The molecule has 7 heavy (non-hydrogen) atoms. The zero-order valence-electron chi connectivity index (χ0n) is 3.59. The van der Waals surface area contributed by atoms with Crippen LogP contribution in [0, 0.1) is 0 Å². The SMILES string of the molecule is CCO.[Cl][Au]([Cl])[Cl]. The molecule has 0 atom stereocenters. The molecule has 0 saturated carbocycles. The first kappa shape index (κ1) is 11.4. The van der Waals surface area contributed by atoms with E-state index in [1.165, 1.54) is 0 Å². The molecule has 0 heterocycles. The summed E-state index contributed by atoms with van der Waals surface area (Å²) >= 11 is -1.79. The predicted octanol–water partition coefficient (Wildman–Crippen LogP) is 2.06. The number of hydrogen-bond donors (Lipinski definition) is 1. The maximum absolute atomic E-state index is 7.57. The zero-order valence-corrected chi connectivity index (χ0v) is 8.02. The molecule has 0 bridgehead atoms. The van der Waals surface area contributed by atoms with Crippen molar-refractivity contribution < 1.29 is 20.3 Å². The molecule has 5 heteroatoms. The van der Waals surface area contributed by atoms with Crippen molar-refractivity contribution in [3.05, 3.63) is 0 Å². The molecule has 0 aliphatic rings. The monoisotopic (exact) mass is 348 g/mol. The standard InChI is InChI=1S/C2H6O.Au.3ClH/c1-2-3;;;;/h3H,2H2,1H3;;3*1H/q;+3;;;/p-3. The van der Waals surface area contributed by atoms with E-state index in [-0.39, 0.29) is 6.61 Å². The summed E-state index contributed by atoms with van der Waals surface area (Å²) < 4.78 is 0. The van der Waals surface area contributed by atoms with Crippen LogP contribution in [0.5, 0.6) is 0 Å². The van der Waals surface area contributed by atoms with E-state index in [4.69, 9.17) is 32.7 Å². The molecule has 0 unspecified atom stereocenters. The summed E-state index contributed by atoms with van der Waals surface area (Å²) in [6, 6.07) is 0. The molecule has 0 saturated heterocycles. The van der Waals surface area contributed by atoms with Gasteiger partial charge in [-0.1, -0.05) is 0 Å². The van der Waals surface area contributed by atoms with Gasteiger partial charge in [0.2, 0.25) is 0 Å². The summed E-state index contributed by atoms with van der Waals surface area (Å²) in [5.74, 6) is 0. The van der Waals surface area contributed by atoms with Crippen LogP contribution in [0.25, 0.3) is 0 Å². The van der Waals surface area contributed by atoms with Crippen LogP contribution in [0.2, 0.25) is 0 Å². The van der Waals surface area contributed by atoms with Gasteiger partial charge in [0, 0.05) is 6.61 Å². The van der Waals surface area contributed by atoms with Gasteiger partial charge in [-0.2, -0.15) is 0 Å². The summed E-state index contributed by atoms with van der Waals surface area (Å²) in [6.45, 7) is 1.93. The number of aliphatic hydroxyl groups excluding tert-OH is 1. The van der Waals surface area contributed by atoms with Crippen LogP contribution in [0.1, 0.15) is 6.92 Å². The minimum atomic E-state index is -1.79.